The van der Waals surface area contributed by atoms with Crippen LogP contribution in [0.25, 0.3) is 0 Å². The molecule has 0 saturated heterocycles. The highest BCUT2D eigenvalue weighted by atomic mass is 79.9. The van der Waals surface area contributed by atoms with Crippen molar-refractivity contribution in [3.8, 4) is 5.88 Å². The van der Waals surface area contributed by atoms with E-state index in [0.29, 0.717) is 18.5 Å². The van der Waals surface area contributed by atoms with E-state index in [1.807, 2.05) is 24.3 Å². The molecule has 0 spiro atoms. The average Bonchev–Trinajstić information content (AvgIpc) is 2.80. The number of amides is 1. The molecule has 0 fully saturated rings. The molecule has 3 N–H and O–H groups in total. The zero-order valence-corrected chi connectivity index (χ0v) is 12.3. The summed E-state index contributed by atoms with van der Waals surface area (Å²) in [6.07, 6.45) is 2.29. The Labute approximate surface area is 124 Å². The van der Waals surface area contributed by atoms with Gasteiger partial charge in [0.1, 0.15) is 0 Å². The van der Waals surface area contributed by atoms with Crippen LogP contribution < -0.4 is 5.48 Å². The molecule has 0 aliphatic rings. The predicted molar refractivity (Wildman–Crippen MR) is 77.6 cm³/mol. The summed E-state index contributed by atoms with van der Waals surface area (Å²) in [6.45, 7) is 0.561. The number of carbonyl (C=O) groups is 1. The molecule has 1 amide bonds. The molecule has 0 aliphatic carbocycles. The lowest BCUT2D eigenvalue weighted by Crippen LogP contribution is -2.18. The van der Waals surface area contributed by atoms with E-state index >= 15 is 0 Å². The summed E-state index contributed by atoms with van der Waals surface area (Å²) >= 11 is 3.38. The number of aromatic hydroxyl groups is 1. The van der Waals surface area contributed by atoms with Crippen molar-refractivity contribution >= 4 is 21.8 Å². The number of benzene rings is 1. The second kappa shape index (κ2) is 6.58. The first-order valence-corrected chi connectivity index (χ1v) is 6.94. The fraction of sp³-hybridized carbons (Fsp3) is 0.214. The monoisotopic (exact) mass is 338 g/mol. The number of aromatic nitrogens is 1. The number of rotatable bonds is 5. The lowest BCUT2D eigenvalue weighted by Gasteiger charge is -2.06. The number of halogens is 1. The normalized spacial score (nSPS) is 10.5. The van der Waals surface area contributed by atoms with Crippen LogP contribution in [0.3, 0.4) is 0 Å². The Bertz CT molecular complexity index is 593. The first-order valence-electron chi connectivity index (χ1n) is 6.14. The Morgan fingerprint density at radius 2 is 1.95 bits per heavy atom. The Kier molecular flexibility index (Phi) is 4.81. The number of nitrogens with zero attached hydrogens (tertiary/aromatic N) is 1. The maximum absolute atomic E-state index is 11.0. The van der Waals surface area contributed by atoms with Crippen molar-refractivity contribution in [2.45, 2.75) is 19.4 Å². The minimum absolute atomic E-state index is 0.131. The predicted octanol–water partition coefficient (Wildman–Crippen LogP) is 2.44. The molecule has 0 radical (unpaired) electrons. The van der Waals surface area contributed by atoms with E-state index in [2.05, 4.69) is 15.9 Å². The topological polar surface area (TPSA) is 74.5 Å². The second-order valence-electron chi connectivity index (χ2n) is 4.45. The molecular weight excluding hydrogens is 324 g/mol. The zero-order valence-electron chi connectivity index (χ0n) is 10.7. The first kappa shape index (κ1) is 14.6. The van der Waals surface area contributed by atoms with E-state index < -0.39 is 5.91 Å². The maximum atomic E-state index is 11.0. The van der Waals surface area contributed by atoms with Gasteiger partial charge in [-0.25, -0.2) is 5.48 Å². The van der Waals surface area contributed by atoms with Crippen molar-refractivity contribution in [1.82, 2.24) is 10.0 Å². The number of hydrogen-bond donors (Lipinski definition) is 3. The zero-order chi connectivity index (χ0) is 14.5. The fourth-order valence-electron chi connectivity index (χ4n) is 1.92. The molecule has 0 aliphatic heterocycles. The largest absolute Gasteiger partial charge is 0.494 e. The highest BCUT2D eigenvalue weighted by Crippen LogP contribution is 2.22. The van der Waals surface area contributed by atoms with Crippen molar-refractivity contribution in [2.75, 3.05) is 0 Å². The van der Waals surface area contributed by atoms with Gasteiger partial charge >= 0.3 is 0 Å². The third kappa shape index (κ3) is 3.61. The molecule has 2 aromatic rings. The van der Waals surface area contributed by atoms with Crippen LogP contribution >= 0.6 is 15.9 Å². The first-order chi connectivity index (χ1) is 9.60. The van der Waals surface area contributed by atoms with Gasteiger partial charge in [0, 0.05) is 22.7 Å². The summed E-state index contributed by atoms with van der Waals surface area (Å²) in [6, 6.07) is 9.62. The van der Waals surface area contributed by atoms with E-state index in [0.717, 1.165) is 10.0 Å². The van der Waals surface area contributed by atoms with Crippen molar-refractivity contribution in [3.05, 3.63) is 52.1 Å². The Morgan fingerprint density at radius 3 is 2.60 bits per heavy atom. The van der Waals surface area contributed by atoms with E-state index in [-0.39, 0.29) is 12.3 Å². The van der Waals surface area contributed by atoms with Crippen LogP contribution in [0.1, 0.15) is 17.5 Å². The molecule has 106 valence electrons. The SMILES string of the molecule is O=C(CCc1ccn(Cc2ccc(Br)cc2)c1O)NO. The number of aryl methyl sites for hydroxylation is 1. The van der Waals surface area contributed by atoms with Crippen molar-refractivity contribution < 1.29 is 15.1 Å². The van der Waals surface area contributed by atoms with Crippen LogP contribution in [0.5, 0.6) is 5.88 Å². The third-order valence-electron chi connectivity index (χ3n) is 3.03. The molecule has 1 heterocycles. The maximum Gasteiger partial charge on any atom is 0.243 e. The fourth-order valence-corrected chi connectivity index (χ4v) is 2.19. The highest BCUT2D eigenvalue weighted by Gasteiger charge is 2.10. The Hall–Kier alpha value is -1.79. The van der Waals surface area contributed by atoms with Gasteiger partial charge in [0.2, 0.25) is 5.91 Å². The smallest absolute Gasteiger partial charge is 0.243 e. The molecule has 0 unspecified atom stereocenters. The van der Waals surface area contributed by atoms with Crippen molar-refractivity contribution in [3.63, 3.8) is 0 Å². The lowest BCUT2D eigenvalue weighted by atomic mass is 10.2. The van der Waals surface area contributed by atoms with Crippen molar-refractivity contribution in [1.29, 1.82) is 0 Å². The summed E-state index contributed by atoms with van der Waals surface area (Å²) in [5.74, 6) is -0.316. The number of carbonyl (C=O) groups excluding carboxylic acids is 1. The van der Waals surface area contributed by atoms with E-state index in [1.165, 1.54) is 0 Å². The number of hydroxylamine groups is 1. The second-order valence-corrected chi connectivity index (χ2v) is 5.37. The van der Waals surface area contributed by atoms with E-state index in [1.54, 1.807) is 22.3 Å². The van der Waals surface area contributed by atoms with Crippen LogP contribution in [0, 0.1) is 0 Å². The molecule has 0 atom stereocenters. The summed E-state index contributed by atoms with van der Waals surface area (Å²) in [5, 5.41) is 18.5. The Morgan fingerprint density at radius 1 is 1.25 bits per heavy atom. The summed E-state index contributed by atoms with van der Waals surface area (Å²) in [5.41, 5.74) is 3.33. The highest BCUT2D eigenvalue weighted by molar-refractivity contribution is 9.10. The van der Waals surface area contributed by atoms with Gasteiger partial charge in [0.05, 0.1) is 6.54 Å². The van der Waals surface area contributed by atoms with Crippen LogP contribution in [-0.2, 0) is 17.8 Å². The number of nitrogens with one attached hydrogen (secondary N) is 1. The lowest BCUT2D eigenvalue weighted by molar-refractivity contribution is -0.129. The van der Waals surface area contributed by atoms with Crippen LogP contribution in [-0.4, -0.2) is 20.8 Å². The molecule has 5 nitrogen and oxygen atoms in total. The van der Waals surface area contributed by atoms with Gasteiger partial charge in [-0.15, -0.1) is 0 Å². The third-order valence-corrected chi connectivity index (χ3v) is 3.56. The average molecular weight is 339 g/mol. The van der Waals surface area contributed by atoms with Gasteiger partial charge in [-0.05, 0) is 30.2 Å². The molecule has 0 saturated carbocycles. The van der Waals surface area contributed by atoms with Gasteiger partial charge in [0.25, 0.3) is 0 Å². The molecule has 6 heteroatoms. The van der Waals surface area contributed by atoms with Gasteiger partial charge < -0.3 is 9.67 Å². The van der Waals surface area contributed by atoms with Crippen molar-refractivity contribution in [2.24, 2.45) is 0 Å². The molecule has 1 aromatic carbocycles. The molecule has 20 heavy (non-hydrogen) atoms. The molecule has 1 aromatic heterocycles. The van der Waals surface area contributed by atoms with Gasteiger partial charge in [0.15, 0.2) is 5.88 Å². The Balaban J connectivity index is 2.04. The van der Waals surface area contributed by atoms with Crippen LogP contribution in [0.4, 0.5) is 0 Å². The van der Waals surface area contributed by atoms with Crippen LogP contribution in [0.15, 0.2) is 41.0 Å². The van der Waals surface area contributed by atoms with Gasteiger partial charge in [-0.2, -0.15) is 0 Å². The minimum atomic E-state index is -0.468. The van der Waals surface area contributed by atoms with E-state index in [9.17, 15) is 9.90 Å². The van der Waals surface area contributed by atoms with Gasteiger partial charge in [-0.1, -0.05) is 28.1 Å². The molecule has 2 rings (SSSR count). The summed E-state index contributed by atoms with van der Waals surface area (Å²) in [7, 11) is 0. The summed E-state index contributed by atoms with van der Waals surface area (Å²) < 4.78 is 2.73. The quantitative estimate of drug-likeness (QED) is 0.579. The number of hydrogen-bond acceptors (Lipinski definition) is 3. The minimum Gasteiger partial charge on any atom is -0.494 e. The molecule has 0 bridgehead atoms. The van der Waals surface area contributed by atoms with E-state index in [4.69, 9.17) is 5.21 Å². The molecular formula is C14H15BrN2O3. The standard InChI is InChI=1S/C14H15BrN2O3/c15-12-4-1-10(2-5-12)9-17-8-7-11(14(17)19)3-6-13(18)16-20/h1-2,4-5,7-8,19-20H,3,6,9H2,(H,16,18). The van der Waals surface area contributed by atoms with Gasteiger partial charge in [-0.3, -0.25) is 10.0 Å². The summed E-state index contributed by atoms with van der Waals surface area (Å²) in [4.78, 5) is 11.0. The van der Waals surface area contributed by atoms with Crippen LogP contribution in [0.2, 0.25) is 0 Å².